The zero-order valence-electron chi connectivity index (χ0n) is 14.2. The van der Waals surface area contributed by atoms with Gasteiger partial charge >= 0.3 is 5.97 Å². The fraction of sp³-hybridized carbons (Fsp3) is 0.353. The molecule has 0 spiro atoms. The number of methoxy groups -OCH3 is 1. The molecule has 0 aromatic heterocycles. The van der Waals surface area contributed by atoms with Crippen LogP contribution in [-0.2, 0) is 19.6 Å². The zero-order valence-corrected chi connectivity index (χ0v) is 15.1. The normalized spacial score (nSPS) is 12.8. The number of fused-ring (bicyclic) bond motifs is 1. The van der Waals surface area contributed by atoms with Crippen LogP contribution < -0.4 is 9.62 Å². The lowest BCUT2D eigenvalue weighted by atomic mass is 10.1. The van der Waals surface area contributed by atoms with Gasteiger partial charge in [0.15, 0.2) is 0 Å². The van der Waals surface area contributed by atoms with Crippen LogP contribution in [-0.4, -0.2) is 42.1 Å². The SMILES string of the molecule is COC(=O)[C@H](C)CNS(=O)(=O)c1cccc2c(N(C)C)cccc12. The summed E-state index contributed by atoms with van der Waals surface area (Å²) in [5, 5.41) is 1.49. The number of nitrogens with zero attached hydrogens (tertiary/aromatic N) is 1. The highest BCUT2D eigenvalue weighted by Crippen LogP contribution is 2.30. The van der Waals surface area contributed by atoms with Crippen molar-refractivity contribution in [3.8, 4) is 0 Å². The minimum absolute atomic E-state index is 0.0151. The summed E-state index contributed by atoms with van der Waals surface area (Å²) in [6.07, 6.45) is 0. The van der Waals surface area contributed by atoms with E-state index in [0.717, 1.165) is 11.1 Å². The largest absolute Gasteiger partial charge is 0.469 e. The van der Waals surface area contributed by atoms with Gasteiger partial charge in [0.25, 0.3) is 0 Å². The van der Waals surface area contributed by atoms with E-state index in [2.05, 4.69) is 9.46 Å². The number of hydrogen-bond donors (Lipinski definition) is 1. The summed E-state index contributed by atoms with van der Waals surface area (Å²) in [6.45, 7) is 1.60. The molecule has 1 atom stereocenters. The summed E-state index contributed by atoms with van der Waals surface area (Å²) < 4.78 is 32.4. The van der Waals surface area contributed by atoms with Crippen LogP contribution in [0.2, 0.25) is 0 Å². The van der Waals surface area contributed by atoms with Crippen molar-refractivity contribution in [3.63, 3.8) is 0 Å². The fourth-order valence-electron chi connectivity index (χ4n) is 2.49. The molecule has 2 rings (SSSR count). The molecule has 1 N–H and O–H groups in total. The molecule has 2 aromatic carbocycles. The van der Waals surface area contributed by atoms with E-state index in [0.29, 0.717) is 5.39 Å². The van der Waals surface area contributed by atoms with Gasteiger partial charge in [-0.25, -0.2) is 13.1 Å². The Labute approximate surface area is 142 Å². The number of rotatable bonds is 6. The van der Waals surface area contributed by atoms with E-state index in [4.69, 9.17) is 0 Å². The Hall–Kier alpha value is -2.12. The molecule has 0 aliphatic rings. The van der Waals surface area contributed by atoms with Gasteiger partial charge in [-0.05, 0) is 12.1 Å². The monoisotopic (exact) mass is 350 g/mol. The average Bonchev–Trinajstić information content (AvgIpc) is 2.57. The van der Waals surface area contributed by atoms with Crippen molar-refractivity contribution in [2.75, 3.05) is 32.6 Å². The van der Waals surface area contributed by atoms with E-state index in [1.807, 2.05) is 37.2 Å². The summed E-state index contributed by atoms with van der Waals surface area (Å²) in [6, 6.07) is 10.7. The van der Waals surface area contributed by atoms with Gasteiger partial charge in [-0.3, -0.25) is 4.79 Å². The Balaban J connectivity index is 2.41. The first-order chi connectivity index (χ1) is 11.3. The van der Waals surface area contributed by atoms with Gasteiger partial charge < -0.3 is 9.64 Å². The minimum Gasteiger partial charge on any atom is -0.469 e. The van der Waals surface area contributed by atoms with E-state index in [1.54, 1.807) is 25.1 Å². The molecule has 0 saturated carbocycles. The van der Waals surface area contributed by atoms with Gasteiger partial charge in [-0.15, -0.1) is 0 Å². The first kappa shape index (κ1) is 18.2. The van der Waals surface area contributed by atoms with E-state index >= 15 is 0 Å². The molecule has 0 aliphatic carbocycles. The van der Waals surface area contributed by atoms with Crippen molar-refractivity contribution in [2.45, 2.75) is 11.8 Å². The van der Waals surface area contributed by atoms with Crippen molar-refractivity contribution in [3.05, 3.63) is 36.4 Å². The second kappa shape index (κ2) is 7.19. The lowest BCUT2D eigenvalue weighted by Crippen LogP contribution is -2.32. The maximum absolute atomic E-state index is 12.7. The third-order valence-corrected chi connectivity index (χ3v) is 5.30. The molecule has 0 heterocycles. The second-order valence-corrected chi connectivity index (χ2v) is 7.53. The van der Waals surface area contributed by atoms with Gasteiger partial charge in [-0.2, -0.15) is 0 Å². The first-order valence-electron chi connectivity index (χ1n) is 7.54. The number of hydrogen-bond acceptors (Lipinski definition) is 5. The summed E-state index contributed by atoms with van der Waals surface area (Å²) in [4.78, 5) is 13.6. The van der Waals surface area contributed by atoms with Crippen LogP contribution in [0.3, 0.4) is 0 Å². The third-order valence-electron chi connectivity index (χ3n) is 3.81. The van der Waals surface area contributed by atoms with Crippen LogP contribution in [0.5, 0.6) is 0 Å². The Kier molecular flexibility index (Phi) is 5.46. The number of esters is 1. The fourth-order valence-corrected chi connectivity index (χ4v) is 3.84. The second-order valence-electron chi connectivity index (χ2n) is 5.80. The van der Waals surface area contributed by atoms with Gasteiger partial charge in [0.2, 0.25) is 10.0 Å². The molecule has 0 amide bonds. The Bertz CT molecular complexity index is 847. The van der Waals surface area contributed by atoms with Crippen LogP contribution in [0.25, 0.3) is 10.8 Å². The average molecular weight is 350 g/mol. The minimum atomic E-state index is -3.74. The van der Waals surface area contributed by atoms with Crippen molar-refractivity contribution >= 4 is 32.5 Å². The van der Waals surface area contributed by atoms with Gasteiger partial charge in [0, 0.05) is 37.1 Å². The molecule has 0 radical (unpaired) electrons. The Morgan fingerprint density at radius 3 is 2.42 bits per heavy atom. The van der Waals surface area contributed by atoms with Crippen LogP contribution in [0.4, 0.5) is 5.69 Å². The van der Waals surface area contributed by atoms with Crippen LogP contribution >= 0.6 is 0 Å². The first-order valence-corrected chi connectivity index (χ1v) is 9.03. The number of ether oxygens (including phenoxy) is 1. The van der Waals surface area contributed by atoms with Crippen molar-refractivity contribution in [2.24, 2.45) is 5.92 Å². The van der Waals surface area contributed by atoms with E-state index in [9.17, 15) is 13.2 Å². The van der Waals surface area contributed by atoms with Crippen molar-refractivity contribution in [1.29, 1.82) is 0 Å². The van der Waals surface area contributed by atoms with Crippen molar-refractivity contribution in [1.82, 2.24) is 4.72 Å². The smallest absolute Gasteiger partial charge is 0.309 e. The zero-order chi connectivity index (χ0) is 17.9. The van der Waals surface area contributed by atoms with E-state index in [1.165, 1.54) is 7.11 Å². The maximum Gasteiger partial charge on any atom is 0.309 e. The van der Waals surface area contributed by atoms with Crippen LogP contribution in [0, 0.1) is 5.92 Å². The molecule has 24 heavy (non-hydrogen) atoms. The standard InChI is InChI=1S/C17H22N2O4S/c1-12(17(20)23-4)11-18-24(21,22)16-10-6-7-13-14(16)8-5-9-15(13)19(2)3/h5-10,12,18H,11H2,1-4H3/t12-/m1/s1. The number of benzene rings is 2. The lowest BCUT2D eigenvalue weighted by molar-refractivity contribution is -0.144. The number of carbonyl (C=O) groups is 1. The molecule has 6 nitrogen and oxygen atoms in total. The van der Waals surface area contributed by atoms with Crippen molar-refractivity contribution < 1.29 is 17.9 Å². The van der Waals surface area contributed by atoms with E-state index in [-0.39, 0.29) is 11.4 Å². The quantitative estimate of drug-likeness (QED) is 0.807. The number of anilines is 1. The summed E-state index contributed by atoms with van der Waals surface area (Å²) in [5.74, 6) is -1.01. The van der Waals surface area contributed by atoms with Crippen LogP contribution in [0.1, 0.15) is 6.92 Å². The van der Waals surface area contributed by atoms with Crippen LogP contribution in [0.15, 0.2) is 41.3 Å². The molecular weight excluding hydrogens is 328 g/mol. The van der Waals surface area contributed by atoms with Gasteiger partial charge in [-0.1, -0.05) is 31.2 Å². The summed E-state index contributed by atoms with van der Waals surface area (Å²) in [7, 11) is 1.35. The van der Waals surface area contributed by atoms with Gasteiger partial charge in [0.1, 0.15) is 0 Å². The molecular formula is C17H22N2O4S. The number of sulfonamides is 1. The molecule has 0 fully saturated rings. The topological polar surface area (TPSA) is 75.7 Å². The van der Waals surface area contributed by atoms with Gasteiger partial charge in [0.05, 0.1) is 17.9 Å². The highest BCUT2D eigenvalue weighted by atomic mass is 32.2. The lowest BCUT2D eigenvalue weighted by Gasteiger charge is -2.17. The Morgan fingerprint density at radius 1 is 1.17 bits per heavy atom. The summed E-state index contributed by atoms with van der Waals surface area (Å²) >= 11 is 0. The van der Waals surface area contributed by atoms with E-state index < -0.39 is 21.9 Å². The molecule has 0 aliphatic heterocycles. The predicted molar refractivity (Wildman–Crippen MR) is 94.6 cm³/mol. The number of carbonyl (C=O) groups excluding carboxylic acids is 1. The molecule has 130 valence electrons. The molecule has 0 unspecified atom stereocenters. The molecule has 2 aromatic rings. The molecule has 0 saturated heterocycles. The third kappa shape index (κ3) is 3.68. The predicted octanol–water partition coefficient (Wildman–Crippen LogP) is 1.99. The Morgan fingerprint density at radius 2 is 1.79 bits per heavy atom. The number of nitrogens with one attached hydrogen (secondary N) is 1. The molecule has 7 heteroatoms. The highest BCUT2D eigenvalue weighted by molar-refractivity contribution is 7.89. The highest BCUT2D eigenvalue weighted by Gasteiger charge is 2.21. The summed E-state index contributed by atoms with van der Waals surface area (Å²) in [5.41, 5.74) is 0.937. The molecule has 0 bridgehead atoms. The maximum atomic E-state index is 12.7.